The Hall–Kier alpha value is -0.118. The Balaban J connectivity index is 0. The molecule has 0 aromatic carbocycles. The van der Waals surface area contributed by atoms with Crippen molar-refractivity contribution in [1.82, 2.24) is 0 Å². The summed E-state index contributed by atoms with van der Waals surface area (Å²) in [4.78, 5) is 0. The maximum absolute atomic E-state index is 8.70. The van der Waals surface area contributed by atoms with Crippen molar-refractivity contribution in [1.29, 1.82) is 0 Å². The van der Waals surface area contributed by atoms with Gasteiger partial charge in [-0.25, -0.2) is 0 Å². The van der Waals surface area contributed by atoms with E-state index in [1.165, 1.54) is 0 Å². The van der Waals surface area contributed by atoms with Gasteiger partial charge in [0.15, 0.2) is 0 Å². The van der Waals surface area contributed by atoms with Gasteiger partial charge in [0, 0.05) is 19.8 Å². The lowest BCUT2D eigenvalue weighted by molar-refractivity contribution is -0.00350. The van der Waals surface area contributed by atoms with Crippen molar-refractivity contribution in [3.05, 3.63) is 0 Å². The molecule has 0 fully saturated rings. The van der Waals surface area contributed by atoms with Crippen LogP contribution in [0.3, 0.4) is 0 Å². The first-order chi connectivity index (χ1) is 10.3. The van der Waals surface area contributed by atoms with Gasteiger partial charge in [0.1, 0.15) is 0 Å². The molecule has 0 aromatic heterocycles. The summed E-state index contributed by atoms with van der Waals surface area (Å²) in [6.07, 6.45) is 0. The van der Waals surface area contributed by atoms with E-state index in [0.717, 1.165) is 0 Å². The van der Waals surface area contributed by atoms with E-state index in [4.69, 9.17) is 48.7 Å². The molecule has 0 aliphatic carbocycles. The second-order valence-corrected chi connectivity index (χ2v) is 6.18. The minimum Gasteiger partial charge on any atom is -0.402 e. The summed E-state index contributed by atoms with van der Waals surface area (Å²) < 4.78 is 20.3. The molecule has 0 saturated heterocycles. The van der Waals surface area contributed by atoms with Crippen LogP contribution in [0.1, 0.15) is 20.8 Å². The summed E-state index contributed by atoms with van der Waals surface area (Å²) in [6.45, 7) is 4.98. The van der Waals surface area contributed by atoms with Crippen molar-refractivity contribution in [2.75, 3.05) is 39.6 Å². The molecule has 0 bridgehead atoms. The summed E-state index contributed by atoms with van der Waals surface area (Å²) in [5.74, 6) is 0. The lowest BCUT2D eigenvalue weighted by Gasteiger charge is -2.26. The van der Waals surface area contributed by atoms with E-state index < -0.39 is 41.7 Å². The Morgan fingerprint density at radius 1 is 0.864 bits per heavy atom. The quantitative estimate of drug-likeness (QED) is 0.215. The van der Waals surface area contributed by atoms with Gasteiger partial charge in [0.05, 0.1) is 25.4 Å². The monoisotopic (exact) mass is 345 g/mol. The molecule has 0 aromatic rings. The summed E-state index contributed by atoms with van der Waals surface area (Å²) in [6, 6.07) is 0. The second kappa shape index (κ2) is 13.3. The van der Waals surface area contributed by atoms with Gasteiger partial charge in [-0.1, -0.05) is 0 Å². The van der Waals surface area contributed by atoms with Crippen LogP contribution in [0, 0.1) is 0 Å². The third-order valence-corrected chi connectivity index (χ3v) is 4.58. The molecule has 134 valence electrons. The lowest BCUT2D eigenvalue weighted by Crippen LogP contribution is -2.52. The first-order valence-corrected chi connectivity index (χ1v) is 8.49. The zero-order chi connectivity index (χ0) is 17.6. The van der Waals surface area contributed by atoms with Crippen molar-refractivity contribution in [3.8, 4) is 0 Å². The van der Waals surface area contributed by atoms with Crippen LogP contribution < -0.4 is 5.73 Å². The molecule has 0 atom stereocenters. The van der Waals surface area contributed by atoms with Gasteiger partial charge in [-0.05, 0) is 20.8 Å². The second-order valence-electron chi connectivity index (χ2n) is 4.08. The lowest BCUT2D eigenvalue weighted by atomic mass is 10.1. The Labute approximate surface area is 132 Å². The summed E-state index contributed by atoms with van der Waals surface area (Å²) >= 11 is 0. The van der Waals surface area contributed by atoms with Crippen LogP contribution in [-0.4, -0.2) is 86.9 Å². The minimum atomic E-state index is -3.36. The molecule has 0 aliphatic heterocycles. The normalized spacial score (nSPS) is 11.9. The predicted molar refractivity (Wildman–Crippen MR) is 80.1 cm³/mol. The molecule has 0 saturated carbocycles. The summed E-state index contributed by atoms with van der Waals surface area (Å²) in [7, 11) is -5.31. The minimum absolute atomic E-state index is 0.318. The van der Waals surface area contributed by atoms with E-state index in [0.29, 0.717) is 19.8 Å². The molecule has 12 heteroatoms. The van der Waals surface area contributed by atoms with Crippen molar-refractivity contribution < 1.29 is 43.0 Å². The van der Waals surface area contributed by atoms with Crippen LogP contribution in [0.25, 0.3) is 0 Å². The Morgan fingerprint density at radius 3 is 1.32 bits per heavy atom. The number of aliphatic hydroxyl groups excluding tert-OH is 3. The molecule has 0 unspecified atom stereocenters. The van der Waals surface area contributed by atoms with Gasteiger partial charge >= 0.3 is 16.4 Å². The number of aliphatic hydroxyl groups is 3. The van der Waals surface area contributed by atoms with E-state index in [2.05, 4.69) is 0 Å². The zero-order valence-electron chi connectivity index (χ0n) is 13.3. The third-order valence-electron chi connectivity index (χ3n) is 2.16. The highest BCUT2D eigenvalue weighted by atomic mass is 28.4. The highest BCUT2D eigenvalue weighted by Crippen LogP contribution is 2.11. The van der Waals surface area contributed by atoms with Gasteiger partial charge in [0.2, 0.25) is 0 Å². The topological polar surface area (TPSA) is 164 Å². The molecular weight excluding hydrogens is 317 g/mol. The first kappa shape index (κ1) is 24.1. The number of rotatable bonds is 11. The van der Waals surface area contributed by atoms with Gasteiger partial charge in [-0.15, -0.1) is 0 Å². The van der Waals surface area contributed by atoms with E-state index in [-0.39, 0.29) is 0 Å². The van der Waals surface area contributed by atoms with E-state index in [1.54, 1.807) is 20.8 Å². The Morgan fingerprint density at radius 2 is 1.18 bits per heavy atom. The van der Waals surface area contributed by atoms with Gasteiger partial charge in [-0.3, -0.25) is 0 Å². The molecule has 22 heavy (non-hydrogen) atoms. The summed E-state index contributed by atoms with van der Waals surface area (Å²) in [5.41, 5.74) is 3.94. The van der Waals surface area contributed by atoms with E-state index in [1.807, 2.05) is 0 Å². The predicted octanol–water partition coefficient (Wildman–Crippen LogP) is -2.82. The smallest absolute Gasteiger partial charge is 0.402 e. The number of hydrogen-bond acceptors (Lipinski definition) is 10. The Kier molecular flexibility index (Phi) is 14.6. The fourth-order valence-electron chi connectivity index (χ4n) is 1.04. The summed E-state index contributed by atoms with van der Waals surface area (Å²) in [5, 5.41) is 42.4. The average Bonchev–Trinajstić information content (AvgIpc) is 2.47. The van der Waals surface area contributed by atoms with Crippen molar-refractivity contribution in [2.24, 2.45) is 5.73 Å². The van der Waals surface area contributed by atoms with Crippen LogP contribution >= 0.6 is 0 Å². The van der Waals surface area contributed by atoms with Crippen LogP contribution in [0.4, 0.5) is 0 Å². The standard InChI is InChI=1S/C6H17BO6Si.C4H11NO3/c1-4-10-14(11-5-2,12-6-3)13-7(8)9;5-4(1-6,2-7)3-8/h8-9H,4-6H2,1-3H3;6-8H,1-3,5H2. The van der Waals surface area contributed by atoms with Crippen LogP contribution in [0.2, 0.25) is 0 Å². The van der Waals surface area contributed by atoms with Gasteiger partial charge < -0.3 is 48.7 Å². The number of nitrogens with two attached hydrogens (primary N) is 1. The first-order valence-electron chi connectivity index (χ1n) is 6.85. The Bertz CT molecular complexity index is 233. The molecule has 0 spiro atoms. The van der Waals surface area contributed by atoms with Crippen molar-refractivity contribution >= 4 is 16.4 Å². The van der Waals surface area contributed by atoms with Gasteiger partial charge in [-0.2, -0.15) is 0 Å². The van der Waals surface area contributed by atoms with E-state index in [9.17, 15) is 0 Å². The maximum Gasteiger partial charge on any atom is 0.668 e. The molecule has 0 heterocycles. The average molecular weight is 345 g/mol. The molecule has 0 amide bonds. The molecule has 7 N–H and O–H groups in total. The molecule has 0 radical (unpaired) electrons. The largest absolute Gasteiger partial charge is 0.668 e. The fourth-order valence-corrected chi connectivity index (χ4v) is 2.81. The zero-order valence-corrected chi connectivity index (χ0v) is 14.3. The highest BCUT2D eigenvalue weighted by Gasteiger charge is 2.47. The van der Waals surface area contributed by atoms with Crippen LogP contribution in [0.15, 0.2) is 0 Å². The van der Waals surface area contributed by atoms with Crippen LogP contribution in [-0.2, 0) is 17.6 Å². The fraction of sp³-hybridized carbons (Fsp3) is 1.00. The van der Waals surface area contributed by atoms with Crippen LogP contribution in [0.5, 0.6) is 0 Å². The molecular formula is C10H28BNO9Si. The molecule has 10 nitrogen and oxygen atoms in total. The van der Waals surface area contributed by atoms with Gasteiger partial charge in [0.25, 0.3) is 0 Å². The van der Waals surface area contributed by atoms with E-state index >= 15 is 0 Å². The SMILES string of the molecule is CCO[Si](OCC)(OCC)OB(O)O.NC(CO)(CO)CO. The van der Waals surface area contributed by atoms with Crippen molar-refractivity contribution in [3.63, 3.8) is 0 Å². The maximum atomic E-state index is 8.70. The molecule has 0 aliphatic rings. The van der Waals surface area contributed by atoms with Crippen molar-refractivity contribution in [2.45, 2.75) is 26.3 Å². The highest BCUT2D eigenvalue weighted by molar-refractivity contribution is 6.61. The molecule has 0 rings (SSSR count). The number of hydrogen-bond donors (Lipinski definition) is 6. The third kappa shape index (κ3) is 10.6.